The van der Waals surface area contributed by atoms with Crippen LogP contribution in [-0.2, 0) is 6.18 Å². The van der Waals surface area contributed by atoms with Crippen LogP contribution in [-0.4, -0.2) is 56.1 Å². The number of nitrogens with zero attached hydrogens (tertiary/aromatic N) is 3. The van der Waals surface area contributed by atoms with Crippen molar-refractivity contribution in [2.75, 3.05) is 45.3 Å². The van der Waals surface area contributed by atoms with E-state index >= 15 is 0 Å². The molecule has 1 amide bonds. The summed E-state index contributed by atoms with van der Waals surface area (Å²) in [4.78, 5) is 26.7. The summed E-state index contributed by atoms with van der Waals surface area (Å²) in [5, 5.41) is 11.4. The van der Waals surface area contributed by atoms with Crippen molar-refractivity contribution in [1.29, 1.82) is 0 Å². The van der Waals surface area contributed by atoms with Gasteiger partial charge in [-0.05, 0) is 24.3 Å². The maximum atomic E-state index is 13.0. The number of carbonyl (C=O) groups is 1. The number of ether oxygens (including phenoxy) is 2. The van der Waals surface area contributed by atoms with Gasteiger partial charge in [0, 0.05) is 32.2 Å². The number of methoxy groups -OCH3 is 2. The Hall–Kier alpha value is -3.50. The molecule has 2 aromatic rings. The molecule has 8 nitrogen and oxygen atoms in total. The van der Waals surface area contributed by atoms with E-state index in [1.807, 2.05) is 0 Å². The third-order valence-corrected chi connectivity index (χ3v) is 5.05. The Morgan fingerprint density at radius 1 is 1.03 bits per heavy atom. The van der Waals surface area contributed by atoms with Crippen molar-refractivity contribution in [2.24, 2.45) is 0 Å². The first kappa shape index (κ1) is 22.2. The van der Waals surface area contributed by atoms with Crippen molar-refractivity contribution in [3.63, 3.8) is 0 Å². The Balaban J connectivity index is 1.80. The molecule has 0 atom stereocenters. The van der Waals surface area contributed by atoms with Crippen LogP contribution in [0, 0.1) is 10.1 Å². The minimum absolute atomic E-state index is 0.0833. The first-order chi connectivity index (χ1) is 14.7. The van der Waals surface area contributed by atoms with Gasteiger partial charge in [-0.3, -0.25) is 14.9 Å². The van der Waals surface area contributed by atoms with Gasteiger partial charge < -0.3 is 19.3 Å². The van der Waals surface area contributed by atoms with Crippen LogP contribution >= 0.6 is 0 Å². The summed E-state index contributed by atoms with van der Waals surface area (Å²) in [6, 6.07) is 7.42. The van der Waals surface area contributed by atoms with Crippen molar-refractivity contribution in [3.8, 4) is 11.5 Å². The van der Waals surface area contributed by atoms with Crippen molar-refractivity contribution < 1.29 is 32.4 Å². The first-order valence-corrected chi connectivity index (χ1v) is 9.28. The predicted octanol–water partition coefficient (Wildman–Crippen LogP) is 3.59. The number of rotatable bonds is 5. The molecular weight excluding hydrogens is 419 g/mol. The summed E-state index contributed by atoms with van der Waals surface area (Å²) in [7, 11) is 2.88. The van der Waals surface area contributed by atoms with Crippen molar-refractivity contribution in [3.05, 3.63) is 57.6 Å². The Labute approximate surface area is 175 Å². The molecule has 0 radical (unpaired) electrons. The summed E-state index contributed by atoms with van der Waals surface area (Å²) < 4.78 is 49.3. The standard InChI is InChI=1S/C20H20F3N3O5/c1-30-16-4-3-5-17(31-2)18(16)19(27)25-10-8-24(9-11-25)14-7-6-13(20(21,22)23)12-15(14)26(28)29/h3-7,12H,8-11H2,1-2H3. The molecule has 166 valence electrons. The summed E-state index contributed by atoms with van der Waals surface area (Å²) in [6.45, 7) is 0.876. The molecule has 0 bridgehead atoms. The monoisotopic (exact) mass is 439 g/mol. The fraction of sp³-hybridized carbons (Fsp3) is 0.350. The molecule has 0 N–H and O–H groups in total. The molecule has 0 unspecified atom stereocenters. The van der Waals surface area contributed by atoms with Gasteiger partial charge in [-0.2, -0.15) is 13.2 Å². The molecule has 1 aliphatic heterocycles. The highest BCUT2D eigenvalue weighted by Gasteiger charge is 2.35. The number of carbonyl (C=O) groups excluding carboxylic acids is 1. The maximum Gasteiger partial charge on any atom is 0.416 e. The van der Waals surface area contributed by atoms with Gasteiger partial charge in [0.2, 0.25) is 0 Å². The third-order valence-electron chi connectivity index (χ3n) is 5.05. The van der Waals surface area contributed by atoms with E-state index in [2.05, 4.69) is 0 Å². The van der Waals surface area contributed by atoms with Gasteiger partial charge in [-0.25, -0.2) is 0 Å². The van der Waals surface area contributed by atoms with E-state index in [4.69, 9.17) is 9.47 Å². The number of amides is 1. The molecule has 0 aliphatic carbocycles. The number of hydrogen-bond acceptors (Lipinski definition) is 6. The number of hydrogen-bond donors (Lipinski definition) is 0. The Kier molecular flexibility index (Phi) is 6.23. The van der Waals surface area contributed by atoms with Gasteiger partial charge in [-0.15, -0.1) is 0 Å². The summed E-state index contributed by atoms with van der Waals surface area (Å²) in [5.41, 5.74) is -1.36. The Morgan fingerprint density at radius 3 is 2.10 bits per heavy atom. The lowest BCUT2D eigenvalue weighted by Crippen LogP contribution is -2.49. The highest BCUT2D eigenvalue weighted by Crippen LogP contribution is 2.37. The van der Waals surface area contributed by atoms with Gasteiger partial charge in [0.1, 0.15) is 22.7 Å². The SMILES string of the molecule is COc1cccc(OC)c1C(=O)N1CCN(c2ccc(C(F)(F)F)cc2[N+](=O)[O-])CC1. The second kappa shape index (κ2) is 8.70. The average Bonchev–Trinajstić information content (AvgIpc) is 2.77. The lowest BCUT2D eigenvalue weighted by Gasteiger charge is -2.36. The molecule has 2 aromatic carbocycles. The number of piperazine rings is 1. The van der Waals surface area contributed by atoms with Gasteiger partial charge in [-0.1, -0.05) is 6.07 Å². The van der Waals surface area contributed by atoms with Gasteiger partial charge >= 0.3 is 6.18 Å². The first-order valence-electron chi connectivity index (χ1n) is 9.28. The quantitative estimate of drug-likeness (QED) is 0.523. The zero-order valence-corrected chi connectivity index (χ0v) is 16.8. The molecule has 3 rings (SSSR count). The van der Waals surface area contributed by atoms with Crippen LogP contribution < -0.4 is 14.4 Å². The molecule has 1 aliphatic rings. The van der Waals surface area contributed by atoms with Crippen LogP contribution in [0.25, 0.3) is 0 Å². The molecule has 1 saturated heterocycles. The van der Waals surface area contributed by atoms with Crippen LogP contribution in [0.4, 0.5) is 24.5 Å². The van der Waals surface area contributed by atoms with E-state index < -0.39 is 22.4 Å². The van der Waals surface area contributed by atoms with Gasteiger partial charge in [0.15, 0.2) is 0 Å². The molecule has 1 fully saturated rings. The molecule has 31 heavy (non-hydrogen) atoms. The fourth-order valence-electron chi connectivity index (χ4n) is 3.48. The number of anilines is 1. The summed E-state index contributed by atoms with van der Waals surface area (Å²) >= 11 is 0. The normalized spacial score (nSPS) is 14.4. The van der Waals surface area contributed by atoms with Gasteiger partial charge in [0.25, 0.3) is 11.6 Å². The number of nitro groups is 1. The molecule has 0 saturated carbocycles. The number of nitro benzene ring substituents is 1. The van der Waals surface area contributed by atoms with E-state index in [1.54, 1.807) is 28.0 Å². The minimum Gasteiger partial charge on any atom is -0.496 e. The van der Waals surface area contributed by atoms with Crippen molar-refractivity contribution in [2.45, 2.75) is 6.18 Å². The van der Waals surface area contributed by atoms with Crippen molar-refractivity contribution >= 4 is 17.3 Å². The summed E-state index contributed by atoms with van der Waals surface area (Å²) in [5.74, 6) is 0.381. The van der Waals surface area contributed by atoms with Gasteiger partial charge in [0.05, 0.1) is 24.7 Å². The maximum absolute atomic E-state index is 13.0. The van der Waals surface area contributed by atoms with E-state index in [0.717, 1.165) is 12.1 Å². The molecule has 0 aromatic heterocycles. The zero-order chi connectivity index (χ0) is 22.8. The Bertz CT molecular complexity index is 966. The molecular formula is C20H20F3N3O5. The summed E-state index contributed by atoms with van der Waals surface area (Å²) in [6.07, 6.45) is -4.68. The van der Waals surface area contributed by atoms with Crippen LogP contribution in [0.2, 0.25) is 0 Å². The molecule has 11 heteroatoms. The van der Waals surface area contributed by atoms with Crippen LogP contribution in [0.5, 0.6) is 11.5 Å². The topological polar surface area (TPSA) is 85.2 Å². The van der Waals surface area contributed by atoms with Crippen LogP contribution in [0.15, 0.2) is 36.4 Å². The zero-order valence-electron chi connectivity index (χ0n) is 16.8. The minimum atomic E-state index is -4.68. The lowest BCUT2D eigenvalue weighted by molar-refractivity contribution is -0.384. The van der Waals surface area contributed by atoms with Crippen LogP contribution in [0.1, 0.15) is 15.9 Å². The highest BCUT2D eigenvalue weighted by atomic mass is 19.4. The largest absolute Gasteiger partial charge is 0.496 e. The highest BCUT2D eigenvalue weighted by molar-refractivity contribution is 6.00. The Morgan fingerprint density at radius 2 is 1.61 bits per heavy atom. The van der Waals surface area contributed by atoms with E-state index in [0.29, 0.717) is 17.6 Å². The average molecular weight is 439 g/mol. The van der Waals surface area contributed by atoms with Crippen LogP contribution in [0.3, 0.4) is 0 Å². The van der Waals surface area contributed by atoms with E-state index in [1.165, 1.54) is 14.2 Å². The van der Waals surface area contributed by atoms with E-state index in [-0.39, 0.29) is 43.3 Å². The molecule has 0 spiro atoms. The second-order valence-electron chi connectivity index (χ2n) is 6.78. The molecule has 1 heterocycles. The number of halogens is 3. The third kappa shape index (κ3) is 4.49. The predicted molar refractivity (Wildman–Crippen MR) is 106 cm³/mol. The van der Waals surface area contributed by atoms with Crippen molar-refractivity contribution in [1.82, 2.24) is 4.90 Å². The lowest BCUT2D eigenvalue weighted by atomic mass is 10.1. The smallest absolute Gasteiger partial charge is 0.416 e. The van der Waals surface area contributed by atoms with E-state index in [9.17, 15) is 28.1 Å². The fourth-order valence-corrected chi connectivity index (χ4v) is 3.48. The number of benzene rings is 2. The number of alkyl halides is 3. The second-order valence-corrected chi connectivity index (χ2v) is 6.78.